The van der Waals surface area contributed by atoms with Gasteiger partial charge in [0.1, 0.15) is 6.26 Å². The Morgan fingerprint density at radius 2 is 2.23 bits per heavy atom. The minimum atomic E-state index is -0.420. The van der Waals surface area contributed by atoms with Crippen LogP contribution in [0.5, 0.6) is 0 Å². The molecule has 22 heavy (non-hydrogen) atoms. The molecule has 6 nitrogen and oxygen atoms in total. The van der Waals surface area contributed by atoms with Crippen molar-refractivity contribution < 1.29 is 14.3 Å². The van der Waals surface area contributed by atoms with Crippen LogP contribution in [0.3, 0.4) is 0 Å². The van der Waals surface area contributed by atoms with Gasteiger partial charge in [0.05, 0.1) is 18.3 Å². The number of β-amino-alcohol motifs (C(OH)–C–C–N with tert-alkyl or cyclic N) is 1. The molecule has 116 valence electrons. The van der Waals surface area contributed by atoms with E-state index >= 15 is 0 Å². The molecule has 2 aromatic rings. The smallest absolute Gasteiger partial charge is 0.317 e. The third-order valence-corrected chi connectivity index (χ3v) is 3.68. The second kappa shape index (κ2) is 6.62. The largest absolute Gasteiger partial charge is 0.444 e. The summed E-state index contributed by atoms with van der Waals surface area (Å²) in [6.07, 6.45) is 2.72. The molecule has 0 spiro atoms. The molecule has 0 saturated carbocycles. The molecule has 1 unspecified atom stereocenters. The summed E-state index contributed by atoms with van der Waals surface area (Å²) in [5.74, 6) is 0.540. The minimum Gasteiger partial charge on any atom is -0.444 e. The van der Waals surface area contributed by atoms with Gasteiger partial charge in [-0.3, -0.25) is 0 Å². The van der Waals surface area contributed by atoms with E-state index < -0.39 is 6.10 Å². The fourth-order valence-electron chi connectivity index (χ4n) is 2.52. The molecule has 2 heterocycles. The minimum absolute atomic E-state index is 0.178. The summed E-state index contributed by atoms with van der Waals surface area (Å²) in [4.78, 5) is 18.0. The van der Waals surface area contributed by atoms with Gasteiger partial charge in [0.2, 0.25) is 5.89 Å². The highest BCUT2D eigenvalue weighted by Crippen LogP contribution is 2.17. The maximum absolute atomic E-state index is 12.0. The van der Waals surface area contributed by atoms with Crippen molar-refractivity contribution in [2.24, 2.45) is 0 Å². The van der Waals surface area contributed by atoms with Crippen LogP contribution >= 0.6 is 0 Å². The van der Waals surface area contributed by atoms with Crippen LogP contribution in [-0.2, 0) is 6.54 Å². The monoisotopic (exact) mass is 301 g/mol. The maximum Gasteiger partial charge on any atom is 0.317 e. The normalized spacial score (nSPS) is 18.2. The zero-order valence-corrected chi connectivity index (χ0v) is 12.2. The van der Waals surface area contributed by atoms with Gasteiger partial charge in [0, 0.05) is 18.7 Å². The molecule has 1 aromatic heterocycles. The SMILES string of the molecule is O=C(NCc1coc(-c2ccccc2)n1)N1CCCC(O)C1. The van der Waals surface area contributed by atoms with E-state index in [4.69, 9.17) is 4.42 Å². The Kier molecular flexibility index (Phi) is 4.39. The molecule has 3 rings (SSSR count). The van der Waals surface area contributed by atoms with Crippen molar-refractivity contribution in [2.75, 3.05) is 13.1 Å². The van der Waals surface area contributed by atoms with E-state index in [1.54, 1.807) is 11.2 Å². The lowest BCUT2D eigenvalue weighted by molar-refractivity contribution is 0.0841. The third kappa shape index (κ3) is 3.46. The first-order valence-corrected chi connectivity index (χ1v) is 7.43. The quantitative estimate of drug-likeness (QED) is 0.909. The van der Waals surface area contributed by atoms with Gasteiger partial charge in [-0.2, -0.15) is 0 Å². The van der Waals surface area contributed by atoms with Crippen molar-refractivity contribution in [2.45, 2.75) is 25.5 Å². The topological polar surface area (TPSA) is 78.6 Å². The number of hydrogen-bond acceptors (Lipinski definition) is 4. The molecule has 1 atom stereocenters. The summed E-state index contributed by atoms with van der Waals surface area (Å²) < 4.78 is 5.43. The van der Waals surface area contributed by atoms with Gasteiger partial charge in [-0.05, 0) is 25.0 Å². The Hall–Kier alpha value is -2.34. The highest BCUT2D eigenvalue weighted by atomic mass is 16.3. The van der Waals surface area contributed by atoms with Crippen LogP contribution in [0.2, 0.25) is 0 Å². The van der Waals surface area contributed by atoms with Gasteiger partial charge in [-0.1, -0.05) is 18.2 Å². The number of amides is 2. The van der Waals surface area contributed by atoms with Crippen molar-refractivity contribution in [1.29, 1.82) is 0 Å². The molecule has 1 fully saturated rings. The highest BCUT2D eigenvalue weighted by Gasteiger charge is 2.21. The van der Waals surface area contributed by atoms with Crippen molar-refractivity contribution >= 4 is 6.03 Å². The number of urea groups is 1. The lowest BCUT2D eigenvalue weighted by atomic mass is 10.1. The fourth-order valence-corrected chi connectivity index (χ4v) is 2.52. The number of carbonyl (C=O) groups excluding carboxylic acids is 1. The first-order chi connectivity index (χ1) is 10.7. The molecule has 2 amide bonds. The van der Waals surface area contributed by atoms with Crippen LogP contribution in [0.25, 0.3) is 11.5 Å². The van der Waals surface area contributed by atoms with Crippen LogP contribution in [0.15, 0.2) is 41.0 Å². The zero-order valence-electron chi connectivity index (χ0n) is 12.2. The fraction of sp³-hybridized carbons (Fsp3) is 0.375. The van der Waals surface area contributed by atoms with Crippen LogP contribution in [0, 0.1) is 0 Å². The Morgan fingerprint density at radius 1 is 1.41 bits per heavy atom. The van der Waals surface area contributed by atoms with Crippen LogP contribution in [0.4, 0.5) is 4.79 Å². The molecule has 1 aliphatic heterocycles. The van der Waals surface area contributed by atoms with E-state index in [2.05, 4.69) is 10.3 Å². The average Bonchev–Trinajstić information content (AvgIpc) is 3.02. The number of aromatic nitrogens is 1. The number of oxazole rings is 1. The highest BCUT2D eigenvalue weighted by molar-refractivity contribution is 5.74. The number of aliphatic hydroxyl groups excluding tert-OH is 1. The van der Waals surface area contributed by atoms with E-state index in [0.717, 1.165) is 18.4 Å². The molecule has 1 saturated heterocycles. The van der Waals surface area contributed by atoms with Gasteiger partial charge in [0.15, 0.2) is 0 Å². The second-order valence-electron chi connectivity index (χ2n) is 5.41. The summed E-state index contributed by atoms with van der Waals surface area (Å²) in [5, 5.41) is 12.4. The number of nitrogens with one attached hydrogen (secondary N) is 1. The molecule has 6 heteroatoms. The Labute approximate surface area is 128 Å². The first-order valence-electron chi connectivity index (χ1n) is 7.43. The predicted octanol–water partition coefficient (Wildman–Crippen LogP) is 2.01. The van der Waals surface area contributed by atoms with Crippen LogP contribution in [-0.4, -0.2) is 40.2 Å². The van der Waals surface area contributed by atoms with Crippen molar-refractivity contribution in [1.82, 2.24) is 15.2 Å². The van der Waals surface area contributed by atoms with Gasteiger partial charge in [0.25, 0.3) is 0 Å². The van der Waals surface area contributed by atoms with Crippen LogP contribution < -0.4 is 5.32 Å². The maximum atomic E-state index is 12.0. The number of nitrogens with zero attached hydrogens (tertiary/aromatic N) is 2. The zero-order chi connectivity index (χ0) is 15.4. The Bertz CT molecular complexity index is 627. The molecule has 1 aromatic carbocycles. The number of rotatable bonds is 3. The Balaban J connectivity index is 1.56. The van der Waals surface area contributed by atoms with E-state index in [1.807, 2.05) is 30.3 Å². The van der Waals surface area contributed by atoms with E-state index in [-0.39, 0.29) is 6.03 Å². The summed E-state index contributed by atoms with van der Waals surface area (Å²) in [6, 6.07) is 9.43. The standard InChI is InChI=1S/C16H19N3O3/c20-14-7-4-8-19(10-14)16(21)17-9-13-11-22-15(18-13)12-5-2-1-3-6-12/h1-3,5-6,11,14,20H,4,7-10H2,(H,17,21). The lowest BCUT2D eigenvalue weighted by Crippen LogP contribution is -2.46. The average molecular weight is 301 g/mol. The third-order valence-electron chi connectivity index (χ3n) is 3.68. The first kappa shape index (κ1) is 14.6. The van der Waals surface area contributed by atoms with E-state index in [0.29, 0.717) is 31.2 Å². The number of hydrogen-bond donors (Lipinski definition) is 2. The van der Waals surface area contributed by atoms with Crippen molar-refractivity contribution in [3.05, 3.63) is 42.3 Å². The number of piperidine rings is 1. The molecule has 2 N–H and O–H groups in total. The van der Waals surface area contributed by atoms with Gasteiger partial charge >= 0.3 is 6.03 Å². The number of likely N-dealkylation sites (tertiary alicyclic amines) is 1. The molecule has 0 radical (unpaired) electrons. The molecular formula is C16H19N3O3. The number of aliphatic hydroxyl groups is 1. The number of carbonyl (C=O) groups is 1. The molecular weight excluding hydrogens is 282 g/mol. The summed E-state index contributed by atoms with van der Waals surface area (Å²) in [7, 11) is 0. The van der Waals surface area contributed by atoms with Crippen molar-refractivity contribution in [3.63, 3.8) is 0 Å². The van der Waals surface area contributed by atoms with Gasteiger partial charge in [-0.25, -0.2) is 9.78 Å². The molecule has 0 bridgehead atoms. The second-order valence-corrected chi connectivity index (χ2v) is 5.41. The Morgan fingerprint density at radius 3 is 3.00 bits per heavy atom. The summed E-state index contributed by atoms with van der Waals surface area (Å²) in [5.41, 5.74) is 1.57. The van der Waals surface area contributed by atoms with E-state index in [1.165, 1.54) is 0 Å². The lowest BCUT2D eigenvalue weighted by Gasteiger charge is -2.29. The number of benzene rings is 1. The summed E-state index contributed by atoms with van der Waals surface area (Å²) >= 11 is 0. The molecule has 1 aliphatic rings. The van der Waals surface area contributed by atoms with Gasteiger partial charge < -0.3 is 19.7 Å². The van der Waals surface area contributed by atoms with Crippen LogP contribution in [0.1, 0.15) is 18.5 Å². The predicted molar refractivity (Wildman–Crippen MR) is 81.0 cm³/mol. The van der Waals surface area contributed by atoms with Crippen molar-refractivity contribution in [3.8, 4) is 11.5 Å². The van der Waals surface area contributed by atoms with Gasteiger partial charge in [-0.15, -0.1) is 0 Å². The summed E-state index contributed by atoms with van der Waals surface area (Å²) in [6.45, 7) is 1.37. The molecule has 0 aliphatic carbocycles. The van der Waals surface area contributed by atoms with E-state index in [9.17, 15) is 9.90 Å².